The molecule has 2 heterocycles. The molecule has 21 heavy (non-hydrogen) atoms. The van der Waals surface area contributed by atoms with Crippen molar-refractivity contribution in [3.05, 3.63) is 22.6 Å². The van der Waals surface area contributed by atoms with Crippen LogP contribution in [0.15, 0.2) is 17.1 Å². The molecular formula is C13H19N3O5. The Morgan fingerprint density at radius 3 is 2.95 bits per heavy atom. The second-order valence-corrected chi connectivity index (χ2v) is 5.08. The van der Waals surface area contributed by atoms with Gasteiger partial charge in [0.1, 0.15) is 0 Å². The van der Waals surface area contributed by atoms with Gasteiger partial charge in [-0.25, -0.2) is 4.68 Å². The molecule has 2 rings (SSSR count). The predicted molar refractivity (Wildman–Crippen MR) is 74.4 cm³/mol. The van der Waals surface area contributed by atoms with Gasteiger partial charge in [-0.3, -0.25) is 9.59 Å². The van der Waals surface area contributed by atoms with Gasteiger partial charge >= 0.3 is 5.97 Å². The third kappa shape index (κ3) is 4.02. The summed E-state index contributed by atoms with van der Waals surface area (Å²) in [6.07, 6.45) is 1.05. The number of rotatable bonds is 6. The zero-order chi connectivity index (χ0) is 15.4. The molecule has 0 aromatic carbocycles. The maximum atomic E-state index is 12.0. The Labute approximate surface area is 121 Å². The molecule has 116 valence electrons. The Kier molecular flexibility index (Phi) is 4.92. The number of carboxylic acid groups (broad SMARTS) is 1. The van der Waals surface area contributed by atoms with Crippen LogP contribution in [-0.2, 0) is 16.1 Å². The summed E-state index contributed by atoms with van der Waals surface area (Å²) in [7, 11) is 1.66. The van der Waals surface area contributed by atoms with E-state index in [1.54, 1.807) is 13.3 Å². The third-order valence-electron chi connectivity index (χ3n) is 3.49. The minimum atomic E-state index is -1.14. The third-order valence-corrected chi connectivity index (χ3v) is 3.49. The van der Waals surface area contributed by atoms with Crippen LogP contribution in [0.2, 0.25) is 0 Å². The summed E-state index contributed by atoms with van der Waals surface area (Å²) in [5, 5.41) is 22.1. The lowest BCUT2D eigenvalue weighted by Gasteiger charge is -2.18. The first-order valence-electron chi connectivity index (χ1n) is 6.74. The quantitative estimate of drug-likeness (QED) is 0.715. The highest BCUT2D eigenvalue weighted by Crippen LogP contribution is 2.19. The first-order valence-corrected chi connectivity index (χ1v) is 6.74. The SMILES string of the molecule is COC1CCN(c2cnn(CC(O)CC(=O)O)c(=O)c2)C1. The maximum absolute atomic E-state index is 12.0. The van der Waals surface area contributed by atoms with E-state index in [0.717, 1.165) is 17.6 Å². The van der Waals surface area contributed by atoms with E-state index < -0.39 is 18.5 Å². The molecule has 2 atom stereocenters. The molecule has 1 fully saturated rings. The van der Waals surface area contributed by atoms with Gasteiger partial charge in [0.05, 0.1) is 37.1 Å². The lowest BCUT2D eigenvalue weighted by atomic mass is 10.2. The second-order valence-electron chi connectivity index (χ2n) is 5.08. The van der Waals surface area contributed by atoms with Crippen molar-refractivity contribution in [1.29, 1.82) is 0 Å². The van der Waals surface area contributed by atoms with E-state index in [-0.39, 0.29) is 18.2 Å². The van der Waals surface area contributed by atoms with Crippen LogP contribution in [0.25, 0.3) is 0 Å². The van der Waals surface area contributed by atoms with E-state index >= 15 is 0 Å². The minimum absolute atomic E-state index is 0.133. The Balaban J connectivity index is 2.04. The van der Waals surface area contributed by atoms with Crippen molar-refractivity contribution in [3.8, 4) is 0 Å². The van der Waals surface area contributed by atoms with Crippen LogP contribution >= 0.6 is 0 Å². The summed E-state index contributed by atoms with van der Waals surface area (Å²) in [5.41, 5.74) is 0.348. The summed E-state index contributed by atoms with van der Waals surface area (Å²) >= 11 is 0. The van der Waals surface area contributed by atoms with Gasteiger partial charge in [-0.15, -0.1) is 0 Å². The fraction of sp³-hybridized carbons (Fsp3) is 0.615. The van der Waals surface area contributed by atoms with Crippen LogP contribution in [0.3, 0.4) is 0 Å². The number of methoxy groups -OCH3 is 1. The van der Waals surface area contributed by atoms with E-state index in [1.807, 2.05) is 4.90 Å². The first kappa shape index (κ1) is 15.5. The van der Waals surface area contributed by atoms with E-state index in [2.05, 4.69) is 5.10 Å². The summed E-state index contributed by atoms with van der Waals surface area (Å²) < 4.78 is 6.34. The van der Waals surface area contributed by atoms with Crippen molar-refractivity contribution in [3.63, 3.8) is 0 Å². The average Bonchev–Trinajstić information content (AvgIpc) is 2.89. The summed E-state index contributed by atoms with van der Waals surface area (Å²) in [4.78, 5) is 24.5. The summed E-state index contributed by atoms with van der Waals surface area (Å²) in [5.74, 6) is -1.12. The standard InChI is InChI=1S/C13H19N3O5/c1-21-11-2-3-15(8-11)9-4-12(18)16(14-6-9)7-10(17)5-13(19)20/h4,6,10-11,17H,2-3,5,7-8H2,1H3,(H,19,20). The number of hydrogen-bond donors (Lipinski definition) is 2. The van der Waals surface area contributed by atoms with Gasteiger partial charge in [-0.1, -0.05) is 0 Å². The van der Waals surface area contributed by atoms with Gasteiger partial charge < -0.3 is 19.8 Å². The molecule has 0 radical (unpaired) electrons. The molecule has 1 aromatic rings. The van der Waals surface area contributed by atoms with Gasteiger partial charge in [0, 0.05) is 26.3 Å². The summed E-state index contributed by atoms with van der Waals surface area (Å²) in [6.45, 7) is 1.38. The highest BCUT2D eigenvalue weighted by atomic mass is 16.5. The predicted octanol–water partition coefficient (Wildman–Crippen LogP) is -0.696. The number of carboxylic acids is 1. The molecule has 0 saturated carbocycles. The number of ether oxygens (including phenoxy) is 1. The Hall–Kier alpha value is -1.93. The lowest BCUT2D eigenvalue weighted by molar-refractivity contribution is -0.139. The van der Waals surface area contributed by atoms with E-state index in [9.17, 15) is 14.7 Å². The molecule has 2 N–H and O–H groups in total. The molecule has 0 spiro atoms. The number of nitrogens with zero attached hydrogens (tertiary/aromatic N) is 3. The Morgan fingerprint density at radius 2 is 2.38 bits per heavy atom. The number of aromatic nitrogens is 2. The molecule has 0 aliphatic carbocycles. The fourth-order valence-electron chi connectivity index (χ4n) is 2.35. The van der Waals surface area contributed by atoms with Gasteiger partial charge in [0.25, 0.3) is 5.56 Å². The van der Waals surface area contributed by atoms with Crippen LogP contribution in [0, 0.1) is 0 Å². The van der Waals surface area contributed by atoms with Crippen molar-refractivity contribution in [2.24, 2.45) is 0 Å². The normalized spacial score (nSPS) is 19.7. The molecule has 1 aliphatic heterocycles. The monoisotopic (exact) mass is 297 g/mol. The molecule has 1 saturated heterocycles. The number of aliphatic carboxylic acids is 1. The van der Waals surface area contributed by atoms with Crippen LogP contribution in [0.1, 0.15) is 12.8 Å². The summed E-state index contributed by atoms with van der Waals surface area (Å²) in [6, 6.07) is 1.44. The zero-order valence-corrected chi connectivity index (χ0v) is 11.8. The van der Waals surface area contributed by atoms with E-state index in [0.29, 0.717) is 12.2 Å². The van der Waals surface area contributed by atoms with E-state index in [1.165, 1.54) is 6.07 Å². The topological polar surface area (TPSA) is 105 Å². The molecule has 0 bridgehead atoms. The van der Waals surface area contributed by atoms with Crippen LogP contribution in [-0.4, -0.2) is 58.4 Å². The molecule has 8 heteroatoms. The van der Waals surface area contributed by atoms with Crippen LogP contribution in [0.4, 0.5) is 5.69 Å². The number of aliphatic hydroxyl groups is 1. The Bertz CT molecular complexity index is 559. The van der Waals surface area contributed by atoms with Crippen molar-refractivity contribution >= 4 is 11.7 Å². The number of carbonyl (C=O) groups is 1. The second kappa shape index (κ2) is 6.68. The van der Waals surface area contributed by atoms with Crippen LogP contribution in [0.5, 0.6) is 0 Å². The maximum Gasteiger partial charge on any atom is 0.306 e. The van der Waals surface area contributed by atoms with Crippen LogP contribution < -0.4 is 10.5 Å². The van der Waals surface area contributed by atoms with Gasteiger partial charge in [-0.2, -0.15) is 5.10 Å². The molecular weight excluding hydrogens is 278 g/mol. The molecule has 1 aliphatic rings. The highest BCUT2D eigenvalue weighted by Gasteiger charge is 2.23. The smallest absolute Gasteiger partial charge is 0.306 e. The number of aliphatic hydroxyl groups excluding tert-OH is 1. The van der Waals surface area contributed by atoms with E-state index in [4.69, 9.17) is 9.84 Å². The Morgan fingerprint density at radius 1 is 1.62 bits per heavy atom. The lowest BCUT2D eigenvalue weighted by Crippen LogP contribution is -2.31. The molecule has 1 aromatic heterocycles. The van der Waals surface area contributed by atoms with Crippen molar-refractivity contribution < 1.29 is 19.7 Å². The zero-order valence-electron chi connectivity index (χ0n) is 11.8. The van der Waals surface area contributed by atoms with Gasteiger partial charge in [0.2, 0.25) is 0 Å². The molecule has 2 unspecified atom stereocenters. The minimum Gasteiger partial charge on any atom is -0.481 e. The molecule has 8 nitrogen and oxygen atoms in total. The largest absolute Gasteiger partial charge is 0.481 e. The van der Waals surface area contributed by atoms with Crippen molar-refractivity contribution in [2.75, 3.05) is 25.1 Å². The number of anilines is 1. The van der Waals surface area contributed by atoms with Gasteiger partial charge in [-0.05, 0) is 6.42 Å². The highest BCUT2D eigenvalue weighted by molar-refractivity contribution is 5.67. The first-order chi connectivity index (χ1) is 9.99. The van der Waals surface area contributed by atoms with Crippen molar-refractivity contribution in [2.45, 2.75) is 31.6 Å². The fourth-order valence-corrected chi connectivity index (χ4v) is 2.35. The molecule has 0 amide bonds. The van der Waals surface area contributed by atoms with Gasteiger partial charge in [0.15, 0.2) is 0 Å². The number of hydrogen-bond acceptors (Lipinski definition) is 6. The van der Waals surface area contributed by atoms with Crippen molar-refractivity contribution in [1.82, 2.24) is 9.78 Å². The average molecular weight is 297 g/mol.